The van der Waals surface area contributed by atoms with Crippen LogP contribution in [-0.2, 0) is 0 Å². The number of hydrogen-bond acceptors (Lipinski definition) is 3. The quantitative estimate of drug-likeness (QED) is 0.927. The summed E-state index contributed by atoms with van der Waals surface area (Å²) in [6.07, 6.45) is -1.92. The summed E-state index contributed by atoms with van der Waals surface area (Å²) >= 11 is 0. The lowest BCUT2D eigenvalue weighted by atomic mass is 9.97. The third-order valence-electron chi connectivity index (χ3n) is 3.75. The lowest BCUT2D eigenvalue weighted by molar-refractivity contribution is -0.175. The van der Waals surface area contributed by atoms with Gasteiger partial charge in [-0.3, -0.25) is 4.98 Å². The van der Waals surface area contributed by atoms with Crippen LogP contribution in [0.15, 0.2) is 18.3 Å². The molecule has 3 nitrogen and oxygen atoms in total. The van der Waals surface area contributed by atoms with Gasteiger partial charge in [0.1, 0.15) is 0 Å². The largest absolute Gasteiger partial charge is 0.393 e. The van der Waals surface area contributed by atoms with E-state index in [1.165, 1.54) is 0 Å². The van der Waals surface area contributed by atoms with Gasteiger partial charge >= 0.3 is 6.18 Å². The van der Waals surface area contributed by atoms with Crippen molar-refractivity contribution >= 4 is 5.69 Å². The van der Waals surface area contributed by atoms with Gasteiger partial charge in [0.15, 0.2) is 0 Å². The van der Waals surface area contributed by atoms with Gasteiger partial charge < -0.3 is 10.0 Å². The molecule has 1 aromatic rings. The molecule has 1 aliphatic heterocycles. The van der Waals surface area contributed by atoms with Crippen molar-refractivity contribution in [2.45, 2.75) is 38.5 Å². The first-order valence-electron chi connectivity index (χ1n) is 6.87. The van der Waals surface area contributed by atoms with Gasteiger partial charge in [-0.25, -0.2) is 0 Å². The molecule has 0 saturated carbocycles. The maximum atomic E-state index is 12.8. The van der Waals surface area contributed by atoms with Crippen LogP contribution in [0.2, 0.25) is 0 Å². The average Bonchev–Trinajstić information content (AvgIpc) is 2.46. The summed E-state index contributed by atoms with van der Waals surface area (Å²) in [6.45, 7) is 2.45. The molecule has 0 amide bonds. The molecule has 0 radical (unpaired) electrons. The number of rotatable bonds is 3. The Bertz CT molecular complexity index is 433. The van der Waals surface area contributed by atoms with Crippen molar-refractivity contribution in [2.24, 2.45) is 5.92 Å². The van der Waals surface area contributed by atoms with Gasteiger partial charge in [-0.05, 0) is 31.4 Å². The second kappa shape index (κ2) is 5.99. The third kappa shape index (κ3) is 3.42. The lowest BCUT2D eigenvalue weighted by Gasteiger charge is -2.35. The van der Waals surface area contributed by atoms with E-state index < -0.39 is 18.2 Å². The van der Waals surface area contributed by atoms with Gasteiger partial charge in [0.25, 0.3) is 0 Å². The summed E-state index contributed by atoms with van der Waals surface area (Å²) in [5.74, 6) is -1.27. The predicted molar refractivity (Wildman–Crippen MR) is 70.5 cm³/mol. The van der Waals surface area contributed by atoms with Gasteiger partial charge in [0.2, 0.25) is 0 Å². The molecule has 1 aliphatic rings. The molecule has 20 heavy (non-hydrogen) atoms. The Morgan fingerprint density at radius 2 is 2.20 bits per heavy atom. The van der Waals surface area contributed by atoms with Crippen LogP contribution >= 0.6 is 0 Å². The first kappa shape index (κ1) is 15.1. The fourth-order valence-electron chi connectivity index (χ4n) is 2.47. The predicted octanol–water partition coefficient (Wildman–Crippen LogP) is 3.30. The summed E-state index contributed by atoms with van der Waals surface area (Å²) < 4.78 is 38.3. The van der Waals surface area contributed by atoms with Crippen LogP contribution in [0.1, 0.15) is 38.0 Å². The standard InChI is InChI=1S/C14H19F3N2O/c1-2-13(20)12-6-5-11(8-18-12)19-7-3-4-10(9-19)14(15,16)17/h5-6,8,10,13,20H,2-4,7,9H2,1H3/t10?,13-/m0/s1. The molecule has 0 spiro atoms. The van der Waals surface area contributed by atoms with Crippen LogP contribution in [0, 0.1) is 5.92 Å². The first-order valence-corrected chi connectivity index (χ1v) is 6.87. The molecule has 0 aromatic carbocycles. The number of anilines is 1. The molecule has 2 atom stereocenters. The molecule has 1 saturated heterocycles. The van der Waals surface area contributed by atoms with E-state index in [-0.39, 0.29) is 13.0 Å². The van der Waals surface area contributed by atoms with Crippen LogP contribution in [-0.4, -0.2) is 29.4 Å². The zero-order valence-corrected chi connectivity index (χ0v) is 11.4. The highest BCUT2D eigenvalue weighted by Crippen LogP contribution is 2.34. The van der Waals surface area contributed by atoms with E-state index in [4.69, 9.17) is 0 Å². The maximum Gasteiger partial charge on any atom is 0.393 e. The number of aliphatic hydroxyl groups is 1. The topological polar surface area (TPSA) is 36.4 Å². The van der Waals surface area contributed by atoms with Crippen molar-refractivity contribution < 1.29 is 18.3 Å². The number of halogens is 3. The monoisotopic (exact) mass is 288 g/mol. The van der Waals surface area contributed by atoms with Crippen LogP contribution in [0.5, 0.6) is 0 Å². The van der Waals surface area contributed by atoms with Gasteiger partial charge in [-0.15, -0.1) is 0 Å². The van der Waals surface area contributed by atoms with Crippen molar-refractivity contribution in [2.75, 3.05) is 18.0 Å². The number of alkyl halides is 3. The smallest absolute Gasteiger partial charge is 0.387 e. The Hall–Kier alpha value is -1.30. The fourth-order valence-corrected chi connectivity index (χ4v) is 2.47. The number of piperidine rings is 1. The third-order valence-corrected chi connectivity index (χ3v) is 3.75. The summed E-state index contributed by atoms with van der Waals surface area (Å²) in [5.41, 5.74) is 1.24. The van der Waals surface area contributed by atoms with Crippen LogP contribution in [0.4, 0.5) is 18.9 Å². The molecule has 1 unspecified atom stereocenters. The molecule has 1 fully saturated rings. The molecule has 1 N–H and O–H groups in total. The van der Waals surface area contributed by atoms with Gasteiger partial charge in [0.05, 0.1) is 29.6 Å². The Morgan fingerprint density at radius 1 is 1.45 bits per heavy atom. The van der Waals surface area contributed by atoms with Crippen LogP contribution in [0.25, 0.3) is 0 Å². The fraction of sp³-hybridized carbons (Fsp3) is 0.643. The normalized spacial score (nSPS) is 21.9. The van der Waals surface area contributed by atoms with E-state index in [1.807, 2.05) is 6.92 Å². The highest BCUT2D eigenvalue weighted by atomic mass is 19.4. The average molecular weight is 288 g/mol. The summed E-state index contributed by atoms with van der Waals surface area (Å²) in [6, 6.07) is 3.42. The molecule has 2 heterocycles. The maximum absolute atomic E-state index is 12.8. The molecular formula is C14H19F3N2O. The van der Waals surface area contributed by atoms with Crippen LogP contribution < -0.4 is 4.90 Å². The van der Waals surface area contributed by atoms with E-state index in [9.17, 15) is 18.3 Å². The minimum absolute atomic E-state index is 0.0130. The summed E-state index contributed by atoms with van der Waals surface area (Å²) in [7, 11) is 0. The lowest BCUT2D eigenvalue weighted by Crippen LogP contribution is -2.41. The van der Waals surface area contributed by atoms with Crippen molar-refractivity contribution in [1.82, 2.24) is 4.98 Å². The second-order valence-electron chi connectivity index (χ2n) is 5.19. The van der Waals surface area contributed by atoms with Gasteiger partial charge in [0, 0.05) is 13.1 Å². The second-order valence-corrected chi connectivity index (χ2v) is 5.19. The van der Waals surface area contributed by atoms with Crippen LogP contribution in [0.3, 0.4) is 0 Å². The Labute approximate surface area is 116 Å². The van der Waals surface area contributed by atoms with E-state index in [1.54, 1.807) is 23.2 Å². The summed E-state index contributed by atoms with van der Waals surface area (Å²) in [5, 5.41) is 9.65. The van der Waals surface area contributed by atoms with Gasteiger partial charge in [-0.2, -0.15) is 13.2 Å². The first-order chi connectivity index (χ1) is 9.41. The van der Waals surface area contributed by atoms with Crippen molar-refractivity contribution in [3.63, 3.8) is 0 Å². The minimum Gasteiger partial charge on any atom is -0.387 e. The summed E-state index contributed by atoms with van der Waals surface area (Å²) in [4.78, 5) is 5.86. The highest BCUT2D eigenvalue weighted by Gasteiger charge is 2.41. The molecule has 2 rings (SSSR count). The zero-order valence-electron chi connectivity index (χ0n) is 11.4. The van der Waals surface area contributed by atoms with Gasteiger partial charge in [-0.1, -0.05) is 6.92 Å². The van der Waals surface area contributed by atoms with E-state index in [0.717, 1.165) is 0 Å². The molecule has 6 heteroatoms. The Morgan fingerprint density at radius 3 is 2.75 bits per heavy atom. The SMILES string of the molecule is CC[C@H](O)c1ccc(N2CCCC(C(F)(F)F)C2)cn1. The number of pyridine rings is 1. The number of hydrogen-bond donors (Lipinski definition) is 1. The van der Waals surface area contributed by atoms with E-state index in [0.29, 0.717) is 30.8 Å². The Kier molecular flexibility index (Phi) is 4.52. The van der Waals surface area contributed by atoms with Crippen molar-refractivity contribution in [3.05, 3.63) is 24.0 Å². The highest BCUT2D eigenvalue weighted by molar-refractivity contribution is 5.45. The van der Waals surface area contributed by atoms with E-state index >= 15 is 0 Å². The molecule has 0 bridgehead atoms. The van der Waals surface area contributed by atoms with Crippen molar-refractivity contribution in [3.8, 4) is 0 Å². The minimum atomic E-state index is -4.13. The molecular weight excluding hydrogens is 269 g/mol. The van der Waals surface area contributed by atoms with E-state index in [2.05, 4.69) is 4.98 Å². The Balaban J connectivity index is 2.07. The molecule has 112 valence electrons. The number of nitrogens with zero attached hydrogens (tertiary/aromatic N) is 2. The zero-order chi connectivity index (χ0) is 14.8. The molecule has 0 aliphatic carbocycles. The molecule has 1 aromatic heterocycles. The van der Waals surface area contributed by atoms with Crippen molar-refractivity contribution in [1.29, 1.82) is 0 Å². The number of aromatic nitrogens is 1. The number of aliphatic hydroxyl groups excluding tert-OH is 1.